The average molecular weight is 429 g/mol. The first-order chi connectivity index (χ1) is 14.6. The molecule has 2 aromatic rings. The maximum absolute atomic E-state index is 12.6. The van der Waals surface area contributed by atoms with E-state index in [4.69, 9.17) is 4.74 Å². The van der Waals surface area contributed by atoms with Crippen LogP contribution in [0.5, 0.6) is 5.75 Å². The van der Waals surface area contributed by atoms with Crippen molar-refractivity contribution in [3.63, 3.8) is 0 Å². The molecule has 0 bridgehead atoms. The quantitative estimate of drug-likeness (QED) is 0.763. The molecule has 2 amide bonds. The molecular weight excluding hydrogens is 400 g/mol. The van der Waals surface area contributed by atoms with E-state index in [9.17, 15) is 9.59 Å². The maximum atomic E-state index is 12.6. The Kier molecular flexibility index (Phi) is 6.64. The van der Waals surface area contributed by atoms with Gasteiger partial charge in [-0.1, -0.05) is 12.1 Å². The first-order valence-corrected chi connectivity index (χ1v) is 11.3. The van der Waals surface area contributed by atoms with Crippen molar-refractivity contribution in [2.45, 2.75) is 32.2 Å². The van der Waals surface area contributed by atoms with E-state index in [1.165, 1.54) is 11.3 Å². The zero-order valence-corrected chi connectivity index (χ0v) is 18.2. The Hall–Kier alpha value is -2.45. The third kappa shape index (κ3) is 4.99. The second kappa shape index (κ2) is 9.57. The van der Waals surface area contributed by atoms with Crippen LogP contribution in [0.25, 0.3) is 0 Å². The number of carbonyl (C=O) groups excluding carboxylic acids is 2. The van der Waals surface area contributed by atoms with Crippen LogP contribution in [-0.2, 0) is 24.2 Å². The molecule has 0 spiro atoms. The van der Waals surface area contributed by atoms with Gasteiger partial charge in [0.05, 0.1) is 19.3 Å². The number of amides is 2. The summed E-state index contributed by atoms with van der Waals surface area (Å²) in [5.74, 6) is 0.871. The van der Waals surface area contributed by atoms with Gasteiger partial charge in [0.15, 0.2) is 5.01 Å². The Bertz CT molecular complexity index is 882. The number of hydrogen-bond donors (Lipinski definition) is 1. The summed E-state index contributed by atoms with van der Waals surface area (Å²) >= 11 is 1.48. The molecule has 0 saturated carbocycles. The number of nitrogens with one attached hydrogen (secondary N) is 1. The molecule has 3 heterocycles. The Labute approximate surface area is 181 Å². The first kappa shape index (κ1) is 20.8. The van der Waals surface area contributed by atoms with Crippen LogP contribution >= 0.6 is 11.3 Å². The molecular formula is C22H28N4O3S. The monoisotopic (exact) mass is 428 g/mol. The molecule has 160 valence electrons. The van der Waals surface area contributed by atoms with Gasteiger partial charge in [0.2, 0.25) is 5.91 Å². The van der Waals surface area contributed by atoms with E-state index in [0.717, 1.165) is 73.7 Å². The van der Waals surface area contributed by atoms with E-state index in [1.54, 1.807) is 7.11 Å². The average Bonchev–Trinajstić information content (AvgIpc) is 3.41. The zero-order chi connectivity index (χ0) is 20.9. The molecule has 1 fully saturated rings. The highest BCUT2D eigenvalue weighted by Crippen LogP contribution is 2.23. The van der Waals surface area contributed by atoms with Gasteiger partial charge in [0, 0.05) is 44.0 Å². The van der Waals surface area contributed by atoms with E-state index >= 15 is 0 Å². The van der Waals surface area contributed by atoms with Gasteiger partial charge >= 0.3 is 0 Å². The number of rotatable bonds is 6. The van der Waals surface area contributed by atoms with Crippen molar-refractivity contribution in [3.05, 3.63) is 45.4 Å². The molecule has 7 nitrogen and oxygen atoms in total. The third-order valence-electron chi connectivity index (χ3n) is 5.70. The number of benzene rings is 1. The number of fused-ring (bicyclic) bond motifs is 1. The predicted molar refractivity (Wildman–Crippen MR) is 116 cm³/mol. The highest BCUT2D eigenvalue weighted by Gasteiger charge is 2.24. The minimum absolute atomic E-state index is 0.142. The minimum atomic E-state index is -0.142. The molecule has 0 radical (unpaired) electrons. The molecule has 1 aromatic heterocycles. The van der Waals surface area contributed by atoms with Crippen molar-refractivity contribution in [1.82, 2.24) is 20.1 Å². The standard InChI is InChI=1S/C22H28N4O3S/c1-29-17-6-4-5-16(13-17)14-23-21(28)22-24-18-7-11-25(12-8-19(18)30-22)15-20(27)26-9-2-3-10-26/h4-6,13H,2-3,7-12,14-15H2,1H3,(H,23,28). The normalized spacial score (nSPS) is 16.8. The Morgan fingerprint density at radius 3 is 2.77 bits per heavy atom. The van der Waals surface area contributed by atoms with Crippen molar-refractivity contribution in [3.8, 4) is 5.75 Å². The van der Waals surface area contributed by atoms with Gasteiger partial charge in [-0.15, -0.1) is 11.3 Å². The number of thiazole rings is 1. The number of hydrogen-bond acceptors (Lipinski definition) is 6. The predicted octanol–water partition coefficient (Wildman–Crippen LogP) is 2.10. The molecule has 2 aliphatic heterocycles. The lowest BCUT2D eigenvalue weighted by Gasteiger charge is -2.23. The molecule has 0 unspecified atom stereocenters. The molecule has 0 aliphatic carbocycles. The lowest BCUT2D eigenvalue weighted by molar-refractivity contribution is -0.131. The van der Waals surface area contributed by atoms with Crippen molar-refractivity contribution >= 4 is 23.2 Å². The summed E-state index contributed by atoms with van der Waals surface area (Å²) < 4.78 is 5.22. The van der Waals surface area contributed by atoms with Crippen LogP contribution in [0, 0.1) is 0 Å². The van der Waals surface area contributed by atoms with E-state index in [2.05, 4.69) is 15.2 Å². The maximum Gasteiger partial charge on any atom is 0.280 e. The number of likely N-dealkylation sites (tertiary alicyclic amines) is 1. The van der Waals surface area contributed by atoms with Gasteiger partial charge in [-0.05, 0) is 37.0 Å². The van der Waals surface area contributed by atoms with Gasteiger partial charge in [0.1, 0.15) is 5.75 Å². The van der Waals surface area contributed by atoms with Crippen LogP contribution in [0.2, 0.25) is 0 Å². The first-order valence-electron chi connectivity index (χ1n) is 10.5. The molecule has 4 rings (SSSR count). The Morgan fingerprint density at radius 2 is 1.97 bits per heavy atom. The van der Waals surface area contributed by atoms with Gasteiger partial charge in [0.25, 0.3) is 5.91 Å². The SMILES string of the molecule is COc1cccc(CNC(=O)c2nc3c(s2)CCN(CC(=O)N2CCCC2)CC3)c1. The van der Waals surface area contributed by atoms with Crippen LogP contribution in [0.3, 0.4) is 0 Å². The summed E-state index contributed by atoms with van der Waals surface area (Å²) in [5, 5.41) is 3.47. The zero-order valence-electron chi connectivity index (χ0n) is 17.4. The number of methoxy groups -OCH3 is 1. The minimum Gasteiger partial charge on any atom is -0.497 e. The van der Waals surface area contributed by atoms with Crippen molar-refractivity contribution in [1.29, 1.82) is 0 Å². The van der Waals surface area contributed by atoms with E-state index in [0.29, 0.717) is 18.1 Å². The Morgan fingerprint density at radius 1 is 1.17 bits per heavy atom. The number of carbonyl (C=O) groups is 2. The van der Waals surface area contributed by atoms with Gasteiger partial charge in [-0.3, -0.25) is 14.5 Å². The fraction of sp³-hybridized carbons (Fsp3) is 0.500. The topological polar surface area (TPSA) is 74.8 Å². The van der Waals surface area contributed by atoms with Gasteiger partial charge in [-0.2, -0.15) is 0 Å². The van der Waals surface area contributed by atoms with Crippen molar-refractivity contribution < 1.29 is 14.3 Å². The summed E-state index contributed by atoms with van der Waals surface area (Å²) in [6.07, 6.45) is 3.86. The van der Waals surface area contributed by atoms with Gasteiger partial charge < -0.3 is 15.0 Å². The fourth-order valence-corrected chi connectivity index (χ4v) is 4.98. The molecule has 2 aliphatic rings. The molecule has 1 aromatic carbocycles. The summed E-state index contributed by atoms with van der Waals surface area (Å²) in [7, 11) is 1.63. The Balaban J connectivity index is 1.30. The van der Waals surface area contributed by atoms with E-state index in [-0.39, 0.29) is 11.8 Å². The van der Waals surface area contributed by atoms with E-state index in [1.807, 2.05) is 29.2 Å². The second-order valence-electron chi connectivity index (χ2n) is 7.79. The van der Waals surface area contributed by atoms with Gasteiger partial charge in [-0.25, -0.2) is 4.98 Å². The molecule has 1 saturated heterocycles. The van der Waals surface area contributed by atoms with Crippen molar-refractivity contribution in [2.24, 2.45) is 0 Å². The molecule has 0 atom stereocenters. The highest BCUT2D eigenvalue weighted by molar-refractivity contribution is 7.13. The van der Waals surface area contributed by atoms with Crippen LogP contribution in [-0.4, -0.2) is 66.4 Å². The third-order valence-corrected chi connectivity index (χ3v) is 6.85. The van der Waals surface area contributed by atoms with E-state index < -0.39 is 0 Å². The second-order valence-corrected chi connectivity index (χ2v) is 8.87. The van der Waals surface area contributed by atoms with Crippen LogP contribution in [0.4, 0.5) is 0 Å². The largest absolute Gasteiger partial charge is 0.497 e. The van der Waals surface area contributed by atoms with Crippen LogP contribution in [0.1, 0.15) is 38.8 Å². The lowest BCUT2D eigenvalue weighted by Crippen LogP contribution is -2.40. The highest BCUT2D eigenvalue weighted by atomic mass is 32.1. The summed E-state index contributed by atoms with van der Waals surface area (Å²) in [4.78, 5) is 35.0. The van der Waals surface area contributed by atoms with Crippen LogP contribution in [0.15, 0.2) is 24.3 Å². The molecule has 1 N–H and O–H groups in total. The lowest BCUT2D eigenvalue weighted by atomic mass is 10.2. The number of ether oxygens (including phenoxy) is 1. The summed E-state index contributed by atoms with van der Waals surface area (Å²) in [6, 6.07) is 7.66. The van der Waals surface area contributed by atoms with Crippen LogP contribution < -0.4 is 10.1 Å². The smallest absolute Gasteiger partial charge is 0.280 e. The molecule has 30 heavy (non-hydrogen) atoms. The number of aromatic nitrogens is 1. The summed E-state index contributed by atoms with van der Waals surface area (Å²) in [5.41, 5.74) is 1.99. The fourth-order valence-electron chi connectivity index (χ4n) is 3.96. The number of nitrogens with zero attached hydrogens (tertiary/aromatic N) is 3. The van der Waals surface area contributed by atoms with Crippen molar-refractivity contribution in [2.75, 3.05) is 39.8 Å². The summed E-state index contributed by atoms with van der Waals surface area (Å²) in [6.45, 7) is 4.36. The molecule has 8 heteroatoms.